The Balaban J connectivity index is 2.50. The standard InChI is InChI=1S/C8H11N3O4/c1-2-3-15-8(12)6-10-5-7(4-9-10)11(13)14/h4-5H,2-3,6H2,1H3. The van der Waals surface area contributed by atoms with Gasteiger partial charge in [-0.25, -0.2) is 0 Å². The number of hydrogen-bond donors (Lipinski definition) is 0. The van der Waals surface area contributed by atoms with Gasteiger partial charge in [0.15, 0.2) is 0 Å². The van der Waals surface area contributed by atoms with Crippen molar-refractivity contribution in [2.45, 2.75) is 19.9 Å². The summed E-state index contributed by atoms with van der Waals surface area (Å²) < 4.78 is 5.97. The second kappa shape index (κ2) is 5.08. The fourth-order valence-corrected chi connectivity index (χ4v) is 0.927. The fourth-order valence-electron chi connectivity index (χ4n) is 0.927. The van der Waals surface area contributed by atoms with Crippen LogP contribution >= 0.6 is 0 Å². The van der Waals surface area contributed by atoms with E-state index in [0.717, 1.165) is 12.6 Å². The van der Waals surface area contributed by atoms with Crippen molar-refractivity contribution in [2.24, 2.45) is 0 Å². The summed E-state index contributed by atoms with van der Waals surface area (Å²) in [7, 11) is 0. The molecule has 1 heterocycles. The van der Waals surface area contributed by atoms with Gasteiger partial charge in [-0.3, -0.25) is 19.6 Å². The summed E-state index contributed by atoms with van der Waals surface area (Å²) in [5.74, 6) is -0.449. The molecule has 0 fully saturated rings. The molecular formula is C8H11N3O4. The smallest absolute Gasteiger partial charge is 0.327 e. The number of esters is 1. The molecule has 7 nitrogen and oxygen atoms in total. The van der Waals surface area contributed by atoms with Crippen LogP contribution in [0.3, 0.4) is 0 Å². The van der Waals surface area contributed by atoms with E-state index in [1.165, 1.54) is 10.9 Å². The van der Waals surface area contributed by atoms with E-state index in [1.54, 1.807) is 0 Å². The van der Waals surface area contributed by atoms with E-state index < -0.39 is 10.9 Å². The molecule has 0 atom stereocenters. The summed E-state index contributed by atoms with van der Waals surface area (Å²) >= 11 is 0. The number of nitrogens with zero attached hydrogens (tertiary/aromatic N) is 3. The third-order valence-corrected chi connectivity index (χ3v) is 1.59. The molecule has 0 aromatic carbocycles. The van der Waals surface area contributed by atoms with Crippen molar-refractivity contribution in [3.05, 3.63) is 22.5 Å². The molecule has 0 radical (unpaired) electrons. The van der Waals surface area contributed by atoms with Gasteiger partial charge in [0, 0.05) is 0 Å². The van der Waals surface area contributed by atoms with Crippen LogP contribution in [0.2, 0.25) is 0 Å². The first-order chi connectivity index (χ1) is 7.13. The molecule has 1 aromatic rings. The molecule has 1 aromatic heterocycles. The maximum atomic E-state index is 11.1. The van der Waals surface area contributed by atoms with Gasteiger partial charge in [0.2, 0.25) is 0 Å². The minimum absolute atomic E-state index is 0.103. The molecule has 0 aliphatic rings. The van der Waals surface area contributed by atoms with Gasteiger partial charge in [0.05, 0.1) is 11.5 Å². The highest BCUT2D eigenvalue weighted by Gasteiger charge is 2.11. The zero-order chi connectivity index (χ0) is 11.3. The normalized spacial score (nSPS) is 9.93. The number of aromatic nitrogens is 2. The SMILES string of the molecule is CCCOC(=O)Cn1cc([N+](=O)[O-])cn1. The lowest BCUT2D eigenvalue weighted by Gasteiger charge is -2.01. The number of rotatable bonds is 5. The number of ether oxygens (including phenoxy) is 1. The topological polar surface area (TPSA) is 87.3 Å². The summed E-state index contributed by atoms with van der Waals surface area (Å²) in [5, 5.41) is 14.0. The molecule has 0 aliphatic carbocycles. The Kier molecular flexibility index (Phi) is 3.78. The van der Waals surface area contributed by atoms with E-state index in [1.807, 2.05) is 6.92 Å². The van der Waals surface area contributed by atoms with Crippen LogP contribution in [0.4, 0.5) is 5.69 Å². The molecule has 0 N–H and O–H groups in total. The number of hydrogen-bond acceptors (Lipinski definition) is 5. The maximum Gasteiger partial charge on any atom is 0.327 e. The van der Waals surface area contributed by atoms with E-state index in [-0.39, 0.29) is 12.2 Å². The first-order valence-corrected chi connectivity index (χ1v) is 4.46. The van der Waals surface area contributed by atoms with Gasteiger partial charge in [0.25, 0.3) is 0 Å². The summed E-state index contributed by atoms with van der Waals surface area (Å²) in [6.45, 7) is 2.13. The summed E-state index contributed by atoms with van der Waals surface area (Å²) in [4.78, 5) is 20.8. The van der Waals surface area contributed by atoms with Crippen LogP contribution in [0.1, 0.15) is 13.3 Å². The van der Waals surface area contributed by atoms with Crippen molar-refractivity contribution in [2.75, 3.05) is 6.61 Å². The molecule has 0 saturated carbocycles. The molecule has 15 heavy (non-hydrogen) atoms. The third kappa shape index (κ3) is 3.37. The predicted octanol–water partition coefficient (Wildman–Crippen LogP) is 0.744. The minimum Gasteiger partial charge on any atom is -0.464 e. The number of carbonyl (C=O) groups excluding carboxylic acids is 1. The lowest BCUT2D eigenvalue weighted by molar-refractivity contribution is -0.385. The second-order valence-corrected chi connectivity index (χ2v) is 2.87. The molecule has 0 amide bonds. The van der Waals surface area contributed by atoms with Gasteiger partial charge < -0.3 is 4.74 Å². The van der Waals surface area contributed by atoms with E-state index in [0.29, 0.717) is 6.61 Å². The van der Waals surface area contributed by atoms with Crippen molar-refractivity contribution < 1.29 is 14.5 Å². The van der Waals surface area contributed by atoms with Crippen molar-refractivity contribution in [1.82, 2.24) is 9.78 Å². The summed E-state index contributed by atoms with van der Waals surface area (Å²) in [5.41, 5.74) is -0.140. The zero-order valence-corrected chi connectivity index (χ0v) is 8.25. The lowest BCUT2D eigenvalue weighted by atomic mass is 10.5. The van der Waals surface area contributed by atoms with E-state index in [4.69, 9.17) is 4.74 Å². The quantitative estimate of drug-likeness (QED) is 0.409. The van der Waals surface area contributed by atoms with Gasteiger partial charge in [-0.1, -0.05) is 6.92 Å². The molecule has 0 spiro atoms. The van der Waals surface area contributed by atoms with Crippen LogP contribution in [0.15, 0.2) is 12.4 Å². The van der Waals surface area contributed by atoms with Gasteiger partial charge in [-0.2, -0.15) is 5.10 Å². The zero-order valence-electron chi connectivity index (χ0n) is 8.25. The summed E-state index contributed by atoms with van der Waals surface area (Å²) in [6, 6.07) is 0. The average molecular weight is 213 g/mol. The van der Waals surface area contributed by atoms with Crippen LogP contribution in [0, 0.1) is 10.1 Å². The van der Waals surface area contributed by atoms with Gasteiger partial charge in [0.1, 0.15) is 18.9 Å². The highest BCUT2D eigenvalue weighted by Crippen LogP contribution is 2.07. The second-order valence-electron chi connectivity index (χ2n) is 2.87. The Morgan fingerprint density at radius 1 is 1.73 bits per heavy atom. The lowest BCUT2D eigenvalue weighted by Crippen LogP contribution is -2.14. The molecule has 0 aliphatic heterocycles. The third-order valence-electron chi connectivity index (χ3n) is 1.59. The number of carbonyl (C=O) groups is 1. The maximum absolute atomic E-state index is 11.1. The Bertz CT molecular complexity index is 361. The van der Waals surface area contributed by atoms with Crippen molar-refractivity contribution in [3.8, 4) is 0 Å². The molecular weight excluding hydrogens is 202 g/mol. The van der Waals surface area contributed by atoms with Crippen LogP contribution in [-0.4, -0.2) is 27.3 Å². The fraction of sp³-hybridized carbons (Fsp3) is 0.500. The first kappa shape index (κ1) is 11.2. The number of nitro groups is 1. The Morgan fingerprint density at radius 2 is 2.47 bits per heavy atom. The summed E-state index contributed by atoms with van der Waals surface area (Å²) in [6.07, 6.45) is 3.02. The predicted molar refractivity (Wildman–Crippen MR) is 50.1 cm³/mol. The molecule has 0 unspecified atom stereocenters. The largest absolute Gasteiger partial charge is 0.464 e. The van der Waals surface area contributed by atoms with E-state index in [2.05, 4.69) is 5.10 Å². The molecule has 0 saturated heterocycles. The van der Waals surface area contributed by atoms with Crippen LogP contribution in [0.5, 0.6) is 0 Å². The highest BCUT2D eigenvalue weighted by atomic mass is 16.6. The molecule has 0 bridgehead atoms. The highest BCUT2D eigenvalue weighted by molar-refractivity contribution is 5.69. The van der Waals surface area contributed by atoms with Crippen molar-refractivity contribution >= 4 is 11.7 Å². The van der Waals surface area contributed by atoms with Crippen LogP contribution in [0.25, 0.3) is 0 Å². The van der Waals surface area contributed by atoms with Crippen LogP contribution < -0.4 is 0 Å². The minimum atomic E-state index is -0.569. The first-order valence-electron chi connectivity index (χ1n) is 4.46. The molecule has 1 rings (SSSR count). The monoisotopic (exact) mass is 213 g/mol. The Labute approximate surface area is 85.8 Å². The molecule has 82 valence electrons. The van der Waals surface area contributed by atoms with Gasteiger partial charge in [-0.15, -0.1) is 0 Å². The Morgan fingerprint density at radius 3 is 3.00 bits per heavy atom. The van der Waals surface area contributed by atoms with Crippen molar-refractivity contribution in [3.63, 3.8) is 0 Å². The van der Waals surface area contributed by atoms with Crippen LogP contribution in [-0.2, 0) is 16.1 Å². The van der Waals surface area contributed by atoms with E-state index in [9.17, 15) is 14.9 Å². The Hall–Kier alpha value is -1.92. The molecule has 7 heteroatoms. The van der Waals surface area contributed by atoms with E-state index >= 15 is 0 Å². The van der Waals surface area contributed by atoms with Gasteiger partial charge >= 0.3 is 11.7 Å². The van der Waals surface area contributed by atoms with Crippen molar-refractivity contribution in [1.29, 1.82) is 0 Å². The average Bonchev–Trinajstić information content (AvgIpc) is 2.63. The van der Waals surface area contributed by atoms with Gasteiger partial charge in [-0.05, 0) is 6.42 Å².